The molecule has 7 heavy (non-hydrogen) atoms. The standard InChI is InChI=1S/CHBNO3.Na/c3-1-6-2(4)5;/h4H;/q-1;+1. The van der Waals surface area contributed by atoms with Crippen LogP contribution in [0.3, 0.4) is 0 Å². The van der Waals surface area contributed by atoms with Crippen LogP contribution < -0.4 is 34.6 Å². The average molecular weight is 109 g/mol. The van der Waals surface area contributed by atoms with Crippen molar-refractivity contribution in [1.29, 1.82) is 5.26 Å². The molecule has 0 aromatic rings. The van der Waals surface area contributed by atoms with Gasteiger partial charge in [-0.1, -0.05) is 0 Å². The number of hydrogen-bond acceptors (Lipinski definition) is 4. The summed E-state index contributed by atoms with van der Waals surface area (Å²) in [4.78, 5) is 0. The molecule has 0 bridgehead atoms. The van der Waals surface area contributed by atoms with E-state index in [1.54, 1.807) is 0 Å². The van der Waals surface area contributed by atoms with Crippen LogP contribution in [0.1, 0.15) is 0 Å². The van der Waals surface area contributed by atoms with Crippen LogP contribution in [0.5, 0.6) is 0 Å². The van der Waals surface area contributed by atoms with Crippen LogP contribution in [-0.2, 0) is 4.65 Å². The molecule has 0 aliphatic rings. The Morgan fingerprint density at radius 3 is 2.29 bits per heavy atom. The van der Waals surface area contributed by atoms with Gasteiger partial charge in [-0.2, -0.15) is 5.26 Å². The smallest absolute Gasteiger partial charge is 0.820 e. The molecule has 0 saturated heterocycles. The third-order valence-electron chi connectivity index (χ3n) is 0.154. The normalized spacial score (nSPS) is 5.29. The van der Waals surface area contributed by atoms with E-state index >= 15 is 0 Å². The molecule has 0 rings (SSSR count). The Morgan fingerprint density at radius 1 is 1.86 bits per heavy atom. The Kier molecular flexibility index (Phi) is 9.23. The van der Waals surface area contributed by atoms with Crippen LogP contribution >= 0.6 is 0 Å². The third kappa shape index (κ3) is 10.7. The van der Waals surface area contributed by atoms with Crippen LogP contribution in [0.4, 0.5) is 0 Å². The van der Waals surface area contributed by atoms with Crippen molar-refractivity contribution in [2.45, 2.75) is 0 Å². The second-order valence-corrected chi connectivity index (χ2v) is 0.516. The molecule has 0 aliphatic carbocycles. The number of nitriles is 1. The largest absolute Gasteiger partial charge is 1.00 e. The second-order valence-electron chi connectivity index (χ2n) is 0.516. The summed E-state index contributed by atoms with van der Waals surface area (Å²) in [6.45, 7) is 0. The van der Waals surface area contributed by atoms with Crippen LogP contribution in [0.25, 0.3) is 0 Å². The first-order valence-electron chi connectivity index (χ1n) is 1.16. The van der Waals surface area contributed by atoms with Crippen molar-refractivity contribution < 1.29 is 44.3 Å². The molecule has 0 aromatic heterocycles. The summed E-state index contributed by atoms with van der Waals surface area (Å²) in [7, 11) is -2.21. The summed E-state index contributed by atoms with van der Waals surface area (Å²) in [6, 6.07) is 0. The van der Waals surface area contributed by atoms with Gasteiger partial charge < -0.3 is 14.7 Å². The predicted molar refractivity (Wildman–Crippen MR) is 14.7 cm³/mol. The van der Waals surface area contributed by atoms with Gasteiger partial charge in [-0.05, 0) is 0 Å². The summed E-state index contributed by atoms with van der Waals surface area (Å²) in [5, 5.41) is 24.2. The van der Waals surface area contributed by atoms with Crippen molar-refractivity contribution in [3.8, 4) is 6.26 Å². The van der Waals surface area contributed by atoms with E-state index in [1.807, 2.05) is 0 Å². The average Bonchev–Trinajstić information content (AvgIpc) is 1.35. The SMILES string of the molecule is N#COB([O-])O.[Na+]. The molecule has 32 valence electrons. The molecule has 0 saturated carbocycles. The molecule has 1 N–H and O–H groups in total. The summed E-state index contributed by atoms with van der Waals surface area (Å²) in [5.41, 5.74) is 0. The van der Waals surface area contributed by atoms with Crippen molar-refractivity contribution in [2.75, 3.05) is 0 Å². The molecule has 0 fully saturated rings. The minimum atomic E-state index is -2.21. The zero-order valence-corrected chi connectivity index (χ0v) is 5.79. The molecular weight excluding hydrogens is 108 g/mol. The van der Waals surface area contributed by atoms with Crippen molar-refractivity contribution >= 4 is 7.32 Å². The Bertz CT molecular complexity index is 69.8. The minimum Gasteiger partial charge on any atom is -0.820 e. The van der Waals surface area contributed by atoms with Crippen LogP contribution in [-0.4, -0.2) is 12.3 Å². The molecule has 0 heterocycles. The van der Waals surface area contributed by atoms with Gasteiger partial charge in [0.25, 0.3) is 6.26 Å². The van der Waals surface area contributed by atoms with E-state index in [4.69, 9.17) is 10.3 Å². The van der Waals surface area contributed by atoms with Gasteiger partial charge in [0.2, 0.25) is 0 Å². The molecule has 0 atom stereocenters. The molecule has 0 aromatic carbocycles. The van der Waals surface area contributed by atoms with Crippen molar-refractivity contribution in [3.63, 3.8) is 0 Å². The first kappa shape index (κ1) is 10.3. The maximum atomic E-state index is 9.24. The fourth-order valence-corrected chi connectivity index (χ4v) is 0.0451. The zero-order chi connectivity index (χ0) is 4.99. The summed E-state index contributed by atoms with van der Waals surface area (Å²) >= 11 is 0. The first-order chi connectivity index (χ1) is 2.77. The van der Waals surface area contributed by atoms with Gasteiger partial charge >= 0.3 is 36.9 Å². The quantitative estimate of drug-likeness (QED) is 0.269. The number of nitrogens with zero attached hydrogens (tertiary/aromatic N) is 1. The Balaban J connectivity index is 0. The Labute approximate surface area is 63.2 Å². The fourth-order valence-electron chi connectivity index (χ4n) is 0.0451. The topological polar surface area (TPSA) is 76.3 Å². The molecule has 6 heteroatoms. The monoisotopic (exact) mass is 109 g/mol. The van der Waals surface area contributed by atoms with Gasteiger partial charge in [-0.25, -0.2) is 0 Å². The zero-order valence-electron chi connectivity index (χ0n) is 3.79. The molecular formula is CHBNNaO3. The van der Waals surface area contributed by atoms with Crippen LogP contribution in [0.2, 0.25) is 0 Å². The summed E-state index contributed by atoms with van der Waals surface area (Å²) < 4.78 is 3.35. The van der Waals surface area contributed by atoms with E-state index in [-0.39, 0.29) is 29.6 Å². The van der Waals surface area contributed by atoms with Crippen LogP contribution in [0.15, 0.2) is 0 Å². The van der Waals surface area contributed by atoms with Gasteiger partial charge in [-0.15, -0.1) is 0 Å². The van der Waals surface area contributed by atoms with Gasteiger partial charge in [0.15, 0.2) is 0 Å². The molecule has 0 unspecified atom stereocenters. The predicted octanol–water partition coefficient (Wildman–Crippen LogP) is -5.17. The second kappa shape index (κ2) is 6.27. The van der Waals surface area contributed by atoms with E-state index in [2.05, 4.69) is 4.65 Å². The van der Waals surface area contributed by atoms with Crippen molar-refractivity contribution in [3.05, 3.63) is 0 Å². The van der Waals surface area contributed by atoms with E-state index in [0.717, 1.165) is 6.26 Å². The first-order valence-corrected chi connectivity index (χ1v) is 1.16. The summed E-state index contributed by atoms with van der Waals surface area (Å²) in [5.74, 6) is 0. The summed E-state index contributed by atoms with van der Waals surface area (Å²) in [6.07, 6.45) is 1.00. The van der Waals surface area contributed by atoms with Gasteiger partial charge in [-0.3, -0.25) is 0 Å². The van der Waals surface area contributed by atoms with Gasteiger partial charge in [0, 0.05) is 0 Å². The van der Waals surface area contributed by atoms with E-state index in [1.165, 1.54) is 0 Å². The van der Waals surface area contributed by atoms with E-state index in [9.17, 15) is 5.02 Å². The maximum Gasteiger partial charge on any atom is 1.00 e. The third-order valence-corrected chi connectivity index (χ3v) is 0.154. The van der Waals surface area contributed by atoms with Crippen molar-refractivity contribution in [1.82, 2.24) is 0 Å². The van der Waals surface area contributed by atoms with Gasteiger partial charge in [0.1, 0.15) is 0 Å². The molecule has 4 nitrogen and oxygen atoms in total. The molecule has 0 aliphatic heterocycles. The molecule has 0 amide bonds. The molecule has 0 radical (unpaired) electrons. The van der Waals surface area contributed by atoms with Gasteiger partial charge in [0.05, 0.1) is 0 Å². The number of hydrogen-bond donors (Lipinski definition) is 1. The van der Waals surface area contributed by atoms with Crippen molar-refractivity contribution in [2.24, 2.45) is 0 Å². The fraction of sp³-hybridized carbons (Fsp3) is 0. The number of rotatable bonds is 1. The minimum absolute atomic E-state index is 0. The van der Waals surface area contributed by atoms with E-state index in [0.29, 0.717) is 0 Å². The maximum absolute atomic E-state index is 9.24. The Hall–Kier alpha value is 0.275. The molecule has 0 spiro atoms. The van der Waals surface area contributed by atoms with E-state index < -0.39 is 7.32 Å². The van der Waals surface area contributed by atoms with Crippen LogP contribution in [0, 0.1) is 11.5 Å². The Morgan fingerprint density at radius 2 is 2.29 bits per heavy atom.